The van der Waals surface area contributed by atoms with Gasteiger partial charge in [-0.2, -0.15) is 8.78 Å². The molecule has 0 bridgehead atoms. The van der Waals surface area contributed by atoms with Crippen LogP contribution in [0, 0.1) is 0 Å². The average molecular weight is 423 g/mol. The van der Waals surface area contributed by atoms with Gasteiger partial charge in [-0.1, -0.05) is 31.4 Å². The Morgan fingerprint density at radius 3 is 2.59 bits per heavy atom. The monoisotopic (exact) mass is 423 g/mol. The summed E-state index contributed by atoms with van der Waals surface area (Å²) in [6.45, 7) is -3.00. The van der Waals surface area contributed by atoms with Crippen LogP contribution in [0.5, 0.6) is 11.5 Å². The fourth-order valence-corrected chi connectivity index (χ4v) is 3.95. The Kier molecular flexibility index (Phi) is 7.19. The Balaban J connectivity index is 1.84. The van der Waals surface area contributed by atoms with Gasteiger partial charge in [-0.15, -0.1) is 0 Å². The van der Waals surface area contributed by atoms with Crippen LogP contribution >= 0.6 is 0 Å². The van der Waals surface area contributed by atoms with E-state index in [1.165, 1.54) is 30.9 Å². The van der Waals surface area contributed by atoms with Gasteiger partial charge in [0, 0.05) is 33.6 Å². The number of amides is 1. The summed E-state index contributed by atoms with van der Waals surface area (Å²) in [4.78, 5) is 12.8. The number of hydrogen-bond acceptors (Lipinski definition) is 4. The van der Waals surface area contributed by atoms with Gasteiger partial charge in [0.2, 0.25) is 0 Å². The number of hydrogen-bond donors (Lipinski definition) is 1. The molecule has 3 rings (SSSR count). The van der Waals surface area contributed by atoms with Crippen LogP contribution in [0.1, 0.15) is 32.1 Å². The average Bonchev–Trinajstić information content (AvgIpc) is 2.69. The third-order valence-corrected chi connectivity index (χ3v) is 5.70. The van der Waals surface area contributed by atoms with E-state index in [9.17, 15) is 17.8 Å². The lowest BCUT2D eigenvalue weighted by Gasteiger charge is -2.22. The standard InChI is InChI=1S/C21H23F2NO4S/c1-29(26)17-9-5-6-14(12-17)18-13-16(10-11-19(18)28-20(22)23)27-21(25)24-15-7-3-2-4-8-15/h5-6,9-13,15,20H,2-4,7-8H2,1H3,(H,24,25). The van der Waals surface area contributed by atoms with E-state index in [1.54, 1.807) is 24.3 Å². The van der Waals surface area contributed by atoms with Crippen molar-refractivity contribution in [3.8, 4) is 22.6 Å². The van der Waals surface area contributed by atoms with E-state index in [0.717, 1.165) is 25.7 Å². The molecule has 8 heteroatoms. The minimum atomic E-state index is -3.00. The second-order valence-electron chi connectivity index (χ2n) is 6.89. The molecule has 2 aromatic rings. The molecule has 1 aliphatic rings. The Labute approximate surface area is 170 Å². The van der Waals surface area contributed by atoms with E-state index in [-0.39, 0.29) is 17.5 Å². The van der Waals surface area contributed by atoms with Crippen LogP contribution in [0.3, 0.4) is 0 Å². The molecule has 0 aliphatic heterocycles. The van der Waals surface area contributed by atoms with Crippen LogP contribution in [0.15, 0.2) is 47.4 Å². The van der Waals surface area contributed by atoms with Crippen molar-refractivity contribution in [3.05, 3.63) is 42.5 Å². The van der Waals surface area contributed by atoms with Crippen LogP contribution in [0.25, 0.3) is 11.1 Å². The highest BCUT2D eigenvalue weighted by Crippen LogP contribution is 2.35. The second kappa shape index (κ2) is 9.82. The number of ether oxygens (including phenoxy) is 2. The molecular weight excluding hydrogens is 400 g/mol. The lowest BCUT2D eigenvalue weighted by molar-refractivity contribution is -0.0494. The van der Waals surface area contributed by atoms with Crippen molar-refractivity contribution in [1.29, 1.82) is 0 Å². The van der Waals surface area contributed by atoms with Gasteiger partial charge < -0.3 is 14.8 Å². The highest BCUT2D eigenvalue weighted by molar-refractivity contribution is 7.84. The number of carbonyl (C=O) groups is 1. The molecule has 1 fully saturated rings. The molecule has 0 saturated heterocycles. The summed E-state index contributed by atoms with van der Waals surface area (Å²) >= 11 is 0. The van der Waals surface area contributed by atoms with E-state index < -0.39 is 23.5 Å². The van der Waals surface area contributed by atoms with Crippen molar-refractivity contribution in [2.24, 2.45) is 0 Å². The number of alkyl halides is 2. The first kappa shape index (κ1) is 21.2. The van der Waals surface area contributed by atoms with Crippen molar-refractivity contribution in [3.63, 3.8) is 0 Å². The minimum Gasteiger partial charge on any atom is -0.434 e. The van der Waals surface area contributed by atoms with Gasteiger partial charge in [0.05, 0.1) is 0 Å². The zero-order valence-electron chi connectivity index (χ0n) is 16.0. The molecule has 0 heterocycles. The summed E-state index contributed by atoms with van der Waals surface area (Å²) < 4.78 is 47.4. The van der Waals surface area contributed by atoms with E-state index in [4.69, 9.17) is 4.74 Å². The zero-order chi connectivity index (χ0) is 20.8. The number of halogens is 2. The van der Waals surface area contributed by atoms with Crippen LogP contribution in [-0.2, 0) is 10.8 Å². The Hall–Kier alpha value is -2.48. The van der Waals surface area contributed by atoms with E-state index in [2.05, 4.69) is 10.1 Å². The highest BCUT2D eigenvalue weighted by atomic mass is 32.2. The van der Waals surface area contributed by atoms with Crippen molar-refractivity contribution < 1.29 is 27.3 Å². The van der Waals surface area contributed by atoms with Crippen molar-refractivity contribution in [1.82, 2.24) is 5.32 Å². The number of nitrogens with one attached hydrogen (secondary N) is 1. The van der Waals surface area contributed by atoms with Gasteiger partial charge in [0.1, 0.15) is 11.5 Å². The van der Waals surface area contributed by atoms with E-state index in [1.807, 2.05) is 0 Å². The molecule has 1 aliphatic carbocycles. The molecule has 1 N–H and O–H groups in total. The summed E-state index contributed by atoms with van der Waals surface area (Å²) in [7, 11) is -1.23. The minimum absolute atomic E-state index is 0.0564. The largest absolute Gasteiger partial charge is 0.434 e. The number of benzene rings is 2. The highest BCUT2D eigenvalue weighted by Gasteiger charge is 2.18. The van der Waals surface area contributed by atoms with Gasteiger partial charge in [0.25, 0.3) is 0 Å². The molecule has 5 nitrogen and oxygen atoms in total. The van der Waals surface area contributed by atoms with E-state index >= 15 is 0 Å². The lowest BCUT2D eigenvalue weighted by Crippen LogP contribution is -2.38. The van der Waals surface area contributed by atoms with Crippen LogP contribution in [0.4, 0.5) is 13.6 Å². The Morgan fingerprint density at radius 1 is 1.14 bits per heavy atom. The number of rotatable bonds is 6. The molecule has 0 radical (unpaired) electrons. The van der Waals surface area contributed by atoms with Crippen LogP contribution < -0.4 is 14.8 Å². The smallest absolute Gasteiger partial charge is 0.412 e. The maximum atomic E-state index is 12.8. The Morgan fingerprint density at radius 2 is 1.90 bits per heavy atom. The van der Waals surface area contributed by atoms with Crippen molar-refractivity contribution in [2.45, 2.75) is 49.7 Å². The fraction of sp³-hybridized carbons (Fsp3) is 0.381. The van der Waals surface area contributed by atoms with Crippen molar-refractivity contribution >= 4 is 16.9 Å². The molecule has 1 unspecified atom stereocenters. The van der Waals surface area contributed by atoms with Crippen LogP contribution in [0.2, 0.25) is 0 Å². The summed E-state index contributed by atoms with van der Waals surface area (Å²) in [5.41, 5.74) is 0.854. The Bertz CT molecular complexity index is 885. The van der Waals surface area contributed by atoms with Gasteiger partial charge >= 0.3 is 12.7 Å². The topological polar surface area (TPSA) is 64.6 Å². The SMILES string of the molecule is CS(=O)c1cccc(-c2cc(OC(=O)NC3CCCCC3)ccc2OC(F)F)c1. The molecule has 29 heavy (non-hydrogen) atoms. The third-order valence-electron chi connectivity index (χ3n) is 4.78. The molecular formula is C21H23F2NO4S. The van der Waals surface area contributed by atoms with Gasteiger partial charge in [-0.3, -0.25) is 4.21 Å². The predicted molar refractivity (Wildman–Crippen MR) is 107 cm³/mol. The molecule has 1 amide bonds. The maximum absolute atomic E-state index is 12.8. The van der Waals surface area contributed by atoms with Crippen LogP contribution in [-0.4, -0.2) is 29.2 Å². The molecule has 0 aromatic heterocycles. The van der Waals surface area contributed by atoms with E-state index in [0.29, 0.717) is 16.0 Å². The lowest BCUT2D eigenvalue weighted by atomic mass is 9.96. The maximum Gasteiger partial charge on any atom is 0.412 e. The third kappa shape index (κ3) is 6.00. The normalized spacial score (nSPS) is 15.7. The summed E-state index contributed by atoms with van der Waals surface area (Å²) in [6, 6.07) is 11.0. The van der Waals surface area contributed by atoms with Crippen molar-refractivity contribution in [2.75, 3.05) is 6.26 Å². The van der Waals surface area contributed by atoms with Gasteiger partial charge in [0.15, 0.2) is 0 Å². The molecule has 0 spiro atoms. The first-order valence-electron chi connectivity index (χ1n) is 9.43. The molecule has 2 aromatic carbocycles. The molecule has 156 valence electrons. The van der Waals surface area contributed by atoms with Gasteiger partial charge in [-0.05, 0) is 48.7 Å². The zero-order valence-corrected chi connectivity index (χ0v) is 16.8. The number of carbonyl (C=O) groups excluding carboxylic acids is 1. The molecule has 1 saturated carbocycles. The fourth-order valence-electron chi connectivity index (χ4n) is 3.39. The predicted octanol–water partition coefficient (Wildman–Crippen LogP) is 5.11. The molecule has 1 atom stereocenters. The second-order valence-corrected chi connectivity index (χ2v) is 8.27. The first-order chi connectivity index (χ1) is 13.9. The summed E-state index contributed by atoms with van der Waals surface area (Å²) in [5.74, 6) is 0.150. The quantitative estimate of drug-likeness (QED) is 0.701. The summed E-state index contributed by atoms with van der Waals surface area (Å²) in [6.07, 6.45) is 6.11. The van der Waals surface area contributed by atoms with Gasteiger partial charge in [-0.25, -0.2) is 4.79 Å². The first-order valence-corrected chi connectivity index (χ1v) is 11.0. The summed E-state index contributed by atoms with van der Waals surface area (Å²) in [5, 5.41) is 2.84.